The number of nitrogen functional groups attached to an aromatic ring is 1. The number of hydrogen-bond acceptors (Lipinski definition) is 9. The van der Waals surface area contributed by atoms with Gasteiger partial charge in [0.1, 0.15) is 21.9 Å². The fourth-order valence-electron chi connectivity index (χ4n) is 2.62. The Morgan fingerprint density at radius 3 is 2.63 bits per heavy atom. The maximum Gasteiger partial charge on any atom is 0.259 e. The van der Waals surface area contributed by atoms with Gasteiger partial charge in [-0.15, -0.1) is 10.2 Å². The number of aromatic nitrogens is 6. The Balaban J connectivity index is 1.67. The van der Waals surface area contributed by atoms with Gasteiger partial charge < -0.3 is 5.73 Å². The van der Waals surface area contributed by atoms with E-state index in [1.165, 1.54) is 17.5 Å². The molecule has 0 radical (unpaired) electrons. The summed E-state index contributed by atoms with van der Waals surface area (Å²) in [5, 5.41) is 11.6. The SMILES string of the molecule is Cc1nnc(NC(=O)c2cncc(C#Cc3c(N)ncc4nc(C)c(C)nc34)c2)s1. The predicted octanol–water partition coefficient (Wildman–Crippen LogP) is 2.43. The van der Waals surface area contributed by atoms with Crippen molar-refractivity contribution in [2.45, 2.75) is 20.8 Å². The number of fused-ring (bicyclic) bond motifs is 1. The molecule has 10 heteroatoms. The molecule has 0 unspecified atom stereocenters. The van der Waals surface area contributed by atoms with E-state index < -0.39 is 0 Å². The van der Waals surface area contributed by atoms with Crippen molar-refractivity contribution in [3.8, 4) is 11.8 Å². The molecular weight excluding hydrogens is 400 g/mol. The minimum atomic E-state index is -0.342. The molecule has 0 aromatic carbocycles. The van der Waals surface area contributed by atoms with E-state index in [9.17, 15) is 4.79 Å². The van der Waals surface area contributed by atoms with Gasteiger partial charge in [-0.3, -0.25) is 15.1 Å². The summed E-state index contributed by atoms with van der Waals surface area (Å²) in [6.45, 7) is 5.57. The van der Waals surface area contributed by atoms with E-state index in [0.717, 1.165) is 16.4 Å². The topological polar surface area (TPSA) is 132 Å². The van der Waals surface area contributed by atoms with Crippen LogP contribution in [0, 0.1) is 32.6 Å². The standard InChI is InChI=1S/C20H16N8OS/c1-10-11(2)25-17-15(18(21)23-9-16(17)24-10)5-4-13-6-14(8-22-7-13)19(29)26-20-28-27-12(3)30-20/h6-9H,1-3H3,(H2,21,23)(H,26,28,29). The fraction of sp³-hybridized carbons (Fsp3) is 0.150. The van der Waals surface area contributed by atoms with E-state index in [1.54, 1.807) is 18.5 Å². The Kier molecular flexibility index (Phi) is 5.04. The third-order valence-electron chi connectivity index (χ3n) is 4.23. The monoisotopic (exact) mass is 416 g/mol. The van der Waals surface area contributed by atoms with Crippen molar-refractivity contribution in [3.05, 3.63) is 57.7 Å². The smallest absolute Gasteiger partial charge is 0.259 e. The Labute approximate surface area is 175 Å². The van der Waals surface area contributed by atoms with Gasteiger partial charge in [-0.2, -0.15) is 0 Å². The summed E-state index contributed by atoms with van der Waals surface area (Å²) in [5.74, 6) is 5.91. The normalized spacial score (nSPS) is 10.5. The molecule has 3 N–H and O–H groups in total. The first-order valence-electron chi connectivity index (χ1n) is 8.88. The average molecular weight is 416 g/mol. The average Bonchev–Trinajstić information content (AvgIpc) is 3.13. The zero-order chi connectivity index (χ0) is 21.3. The Hall–Kier alpha value is -3.97. The lowest BCUT2D eigenvalue weighted by Crippen LogP contribution is -2.12. The second-order valence-corrected chi connectivity index (χ2v) is 7.62. The van der Waals surface area contributed by atoms with Gasteiger partial charge in [0.05, 0.1) is 28.7 Å². The molecule has 4 rings (SSSR count). The summed E-state index contributed by atoms with van der Waals surface area (Å²) in [5.41, 5.74) is 10.2. The van der Waals surface area contributed by atoms with Crippen LogP contribution >= 0.6 is 11.3 Å². The van der Waals surface area contributed by atoms with Crippen LogP contribution in [0.5, 0.6) is 0 Å². The third kappa shape index (κ3) is 3.92. The summed E-state index contributed by atoms with van der Waals surface area (Å²) < 4.78 is 0. The number of hydrogen-bond donors (Lipinski definition) is 2. The second kappa shape index (κ2) is 7.81. The maximum absolute atomic E-state index is 12.4. The first kappa shape index (κ1) is 19.4. The Morgan fingerprint density at radius 2 is 1.87 bits per heavy atom. The number of pyridine rings is 2. The second-order valence-electron chi connectivity index (χ2n) is 6.44. The van der Waals surface area contributed by atoms with E-state index in [4.69, 9.17) is 5.73 Å². The molecule has 30 heavy (non-hydrogen) atoms. The summed E-state index contributed by atoms with van der Waals surface area (Å²) in [7, 11) is 0. The molecule has 0 saturated heterocycles. The van der Waals surface area contributed by atoms with Crippen LogP contribution in [0.2, 0.25) is 0 Å². The molecule has 0 aliphatic rings. The minimum Gasteiger partial charge on any atom is -0.383 e. The molecule has 4 heterocycles. The molecule has 4 aromatic heterocycles. The van der Waals surface area contributed by atoms with Crippen LogP contribution < -0.4 is 11.1 Å². The van der Waals surface area contributed by atoms with Crippen LogP contribution in [0.4, 0.5) is 10.9 Å². The molecule has 4 aromatic rings. The quantitative estimate of drug-likeness (QED) is 0.476. The predicted molar refractivity (Wildman–Crippen MR) is 114 cm³/mol. The number of amides is 1. The Bertz CT molecular complexity index is 1350. The lowest BCUT2D eigenvalue weighted by Gasteiger charge is -2.05. The van der Waals surface area contributed by atoms with E-state index >= 15 is 0 Å². The number of rotatable bonds is 2. The highest BCUT2D eigenvalue weighted by Crippen LogP contribution is 2.20. The highest BCUT2D eigenvalue weighted by molar-refractivity contribution is 7.15. The van der Waals surface area contributed by atoms with Crippen molar-refractivity contribution in [3.63, 3.8) is 0 Å². The third-order valence-corrected chi connectivity index (χ3v) is 4.99. The number of nitrogens with zero attached hydrogens (tertiary/aromatic N) is 6. The lowest BCUT2D eigenvalue weighted by molar-refractivity contribution is 0.102. The number of nitrogens with two attached hydrogens (primary N) is 1. The van der Waals surface area contributed by atoms with Gasteiger partial charge in [0.25, 0.3) is 5.91 Å². The fourth-order valence-corrected chi connectivity index (χ4v) is 3.20. The van der Waals surface area contributed by atoms with Crippen LogP contribution in [0.3, 0.4) is 0 Å². The zero-order valence-corrected chi connectivity index (χ0v) is 17.2. The van der Waals surface area contributed by atoms with Crippen LogP contribution in [-0.4, -0.2) is 36.0 Å². The lowest BCUT2D eigenvalue weighted by atomic mass is 10.1. The molecule has 0 atom stereocenters. The van der Waals surface area contributed by atoms with Gasteiger partial charge in [0.2, 0.25) is 5.13 Å². The molecule has 0 aliphatic heterocycles. The van der Waals surface area contributed by atoms with Crippen molar-refractivity contribution in [1.82, 2.24) is 30.1 Å². The summed E-state index contributed by atoms with van der Waals surface area (Å²) in [6.07, 6.45) is 4.60. The summed E-state index contributed by atoms with van der Waals surface area (Å²) in [4.78, 5) is 29.8. The van der Waals surface area contributed by atoms with Gasteiger partial charge in [0.15, 0.2) is 0 Å². The van der Waals surface area contributed by atoms with Crippen molar-refractivity contribution in [2.75, 3.05) is 11.1 Å². The number of carbonyl (C=O) groups is 1. The van der Waals surface area contributed by atoms with Crippen LogP contribution in [0.25, 0.3) is 11.0 Å². The number of anilines is 2. The molecule has 148 valence electrons. The van der Waals surface area contributed by atoms with Gasteiger partial charge in [-0.25, -0.2) is 15.0 Å². The molecule has 0 bridgehead atoms. The number of nitrogens with one attached hydrogen (secondary N) is 1. The van der Waals surface area contributed by atoms with Crippen molar-refractivity contribution in [1.29, 1.82) is 0 Å². The zero-order valence-electron chi connectivity index (χ0n) is 16.4. The molecule has 0 aliphatic carbocycles. The minimum absolute atomic E-state index is 0.265. The molecule has 0 saturated carbocycles. The summed E-state index contributed by atoms with van der Waals surface area (Å²) in [6, 6.07) is 1.64. The van der Waals surface area contributed by atoms with Crippen molar-refractivity contribution in [2.24, 2.45) is 0 Å². The van der Waals surface area contributed by atoms with Crippen LogP contribution in [-0.2, 0) is 0 Å². The Morgan fingerprint density at radius 1 is 1.07 bits per heavy atom. The molecule has 9 nitrogen and oxygen atoms in total. The van der Waals surface area contributed by atoms with Gasteiger partial charge in [-0.1, -0.05) is 23.2 Å². The van der Waals surface area contributed by atoms with Crippen LogP contribution in [0.1, 0.15) is 37.9 Å². The van der Waals surface area contributed by atoms with E-state index in [0.29, 0.717) is 32.9 Å². The van der Waals surface area contributed by atoms with Crippen molar-refractivity contribution >= 4 is 39.2 Å². The highest BCUT2D eigenvalue weighted by Gasteiger charge is 2.11. The van der Waals surface area contributed by atoms with E-state index in [1.807, 2.05) is 20.8 Å². The van der Waals surface area contributed by atoms with Crippen molar-refractivity contribution < 1.29 is 4.79 Å². The first-order chi connectivity index (χ1) is 14.4. The highest BCUT2D eigenvalue weighted by atomic mass is 32.1. The molecule has 0 spiro atoms. The number of carbonyl (C=O) groups excluding carboxylic acids is 1. The molecule has 0 fully saturated rings. The van der Waals surface area contributed by atoms with E-state index in [-0.39, 0.29) is 11.7 Å². The largest absolute Gasteiger partial charge is 0.383 e. The number of aryl methyl sites for hydroxylation is 3. The first-order valence-corrected chi connectivity index (χ1v) is 9.70. The summed E-state index contributed by atoms with van der Waals surface area (Å²) >= 11 is 1.29. The molecular formula is C20H16N8OS. The van der Waals surface area contributed by atoms with Gasteiger partial charge in [-0.05, 0) is 26.8 Å². The van der Waals surface area contributed by atoms with E-state index in [2.05, 4.69) is 47.3 Å². The maximum atomic E-state index is 12.4. The van der Waals surface area contributed by atoms with Gasteiger partial charge >= 0.3 is 0 Å². The van der Waals surface area contributed by atoms with Crippen LogP contribution in [0.15, 0.2) is 24.7 Å². The molecule has 1 amide bonds. The van der Waals surface area contributed by atoms with Gasteiger partial charge in [0, 0.05) is 18.0 Å².